The third-order valence-corrected chi connectivity index (χ3v) is 9.48. The Hall–Kier alpha value is -4.04. The predicted octanol–water partition coefficient (Wildman–Crippen LogP) is 5.32. The monoisotopic (exact) mass is 500 g/mol. The summed E-state index contributed by atoms with van der Waals surface area (Å²) in [5.41, 5.74) is 5.26. The molecule has 2 N–H and O–H groups in total. The first-order valence-electron chi connectivity index (χ1n) is 11.6. The normalized spacial score (nSPS) is 21.6. The molecule has 0 radical (unpaired) electrons. The summed E-state index contributed by atoms with van der Waals surface area (Å²) in [7, 11) is -3.44. The topological polar surface area (TPSA) is 100 Å². The van der Waals surface area contributed by atoms with Crippen molar-refractivity contribution in [1.29, 1.82) is 0 Å². The number of carboxylic acids is 1. The van der Waals surface area contributed by atoms with Gasteiger partial charge < -0.3 is 5.11 Å². The van der Waals surface area contributed by atoms with E-state index in [-0.39, 0.29) is 5.92 Å². The highest BCUT2D eigenvalue weighted by molar-refractivity contribution is 7.92. The van der Waals surface area contributed by atoms with Crippen LogP contribution in [0.1, 0.15) is 35.1 Å². The average Bonchev–Trinajstić information content (AvgIpc) is 3.21. The third kappa shape index (κ3) is 3.48. The molecule has 0 spiro atoms. The van der Waals surface area contributed by atoms with E-state index in [1.807, 2.05) is 42.5 Å². The van der Waals surface area contributed by atoms with E-state index in [2.05, 4.69) is 10.2 Å². The van der Waals surface area contributed by atoms with Crippen molar-refractivity contribution in [3.05, 3.63) is 101 Å². The van der Waals surface area contributed by atoms with Crippen LogP contribution in [0, 0.1) is 11.9 Å². The van der Waals surface area contributed by atoms with Crippen molar-refractivity contribution in [2.45, 2.75) is 23.0 Å². The smallest absolute Gasteiger partial charge is 0.328 e. The molecule has 2 atom stereocenters. The maximum absolute atomic E-state index is 14.5. The summed E-state index contributed by atoms with van der Waals surface area (Å²) < 4.78 is 41.1. The van der Waals surface area contributed by atoms with Gasteiger partial charge in [0.2, 0.25) is 5.95 Å². The van der Waals surface area contributed by atoms with Gasteiger partial charge in [-0.25, -0.2) is 13.2 Å². The SMILES string of the molecule is O=C(O)/C=C/c1ccc(/C(=C2\c3ccccc3S(=O)(=O)C3CCC23)c2ccc3n[nH]c(F)c3c2)cc1. The molecule has 1 aliphatic heterocycles. The fourth-order valence-corrected chi connectivity index (χ4v) is 7.56. The lowest BCUT2D eigenvalue weighted by Gasteiger charge is -2.43. The molecule has 1 aliphatic carbocycles. The minimum Gasteiger partial charge on any atom is -0.478 e. The van der Waals surface area contributed by atoms with Gasteiger partial charge in [0.1, 0.15) is 0 Å². The maximum atomic E-state index is 14.5. The lowest BCUT2D eigenvalue weighted by molar-refractivity contribution is -0.131. The van der Waals surface area contributed by atoms with E-state index in [0.29, 0.717) is 27.8 Å². The fraction of sp³-hybridized carbons (Fsp3) is 0.143. The molecule has 0 bridgehead atoms. The van der Waals surface area contributed by atoms with Crippen LogP contribution in [0.15, 0.2) is 77.7 Å². The molecule has 2 unspecified atom stereocenters. The Morgan fingerprint density at radius 3 is 2.50 bits per heavy atom. The van der Waals surface area contributed by atoms with E-state index in [9.17, 15) is 17.6 Å². The van der Waals surface area contributed by atoms with Crippen molar-refractivity contribution in [1.82, 2.24) is 10.2 Å². The molecule has 2 aliphatic rings. The molecule has 1 fully saturated rings. The molecule has 3 aromatic carbocycles. The van der Waals surface area contributed by atoms with Gasteiger partial charge in [0, 0.05) is 12.0 Å². The summed E-state index contributed by atoms with van der Waals surface area (Å²) in [5.74, 6) is -1.73. The number of aliphatic carboxylic acids is 1. The van der Waals surface area contributed by atoms with E-state index in [4.69, 9.17) is 5.11 Å². The van der Waals surface area contributed by atoms with Crippen LogP contribution >= 0.6 is 0 Å². The zero-order chi connectivity index (χ0) is 25.0. The Balaban J connectivity index is 1.64. The number of H-pyrrole nitrogens is 1. The van der Waals surface area contributed by atoms with E-state index < -0.39 is 27.0 Å². The van der Waals surface area contributed by atoms with Crippen LogP contribution in [0.5, 0.6) is 0 Å². The second-order valence-corrected chi connectivity index (χ2v) is 11.3. The second kappa shape index (κ2) is 8.27. The van der Waals surface area contributed by atoms with E-state index in [1.54, 1.807) is 24.3 Å². The summed E-state index contributed by atoms with van der Waals surface area (Å²) in [5, 5.41) is 15.2. The largest absolute Gasteiger partial charge is 0.478 e. The van der Waals surface area contributed by atoms with Crippen LogP contribution in [0.2, 0.25) is 0 Å². The number of rotatable bonds is 4. The number of sulfone groups is 1. The van der Waals surface area contributed by atoms with Crippen molar-refractivity contribution in [2.24, 2.45) is 5.92 Å². The van der Waals surface area contributed by atoms with E-state index >= 15 is 0 Å². The highest BCUT2D eigenvalue weighted by Crippen LogP contribution is 2.54. The Morgan fingerprint density at radius 2 is 1.78 bits per heavy atom. The quantitative estimate of drug-likeness (QED) is 0.369. The van der Waals surface area contributed by atoms with Crippen molar-refractivity contribution in [3.63, 3.8) is 0 Å². The van der Waals surface area contributed by atoms with Gasteiger partial charge in [-0.2, -0.15) is 9.49 Å². The van der Waals surface area contributed by atoms with E-state index in [1.165, 1.54) is 6.08 Å². The molecular weight excluding hydrogens is 479 g/mol. The average molecular weight is 501 g/mol. The van der Waals surface area contributed by atoms with Crippen LogP contribution in [-0.2, 0) is 14.6 Å². The Bertz CT molecular complexity index is 1700. The summed E-state index contributed by atoms with van der Waals surface area (Å²) >= 11 is 0. The molecule has 0 saturated heterocycles. The number of nitrogens with one attached hydrogen (secondary N) is 1. The van der Waals surface area contributed by atoms with Crippen LogP contribution in [0.3, 0.4) is 0 Å². The molecule has 0 amide bonds. The van der Waals surface area contributed by atoms with Gasteiger partial charge in [0.05, 0.1) is 21.0 Å². The second-order valence-electron chi connectivity index (χ2n) is 9.12. The standard InChI is InChI=1S/C28H21FN2O4S/c29-28-21-15-18(10-12-22(21)30-31-28)26(17-8-5-16(6-9-17)7-14-25(32)33)27-19-3-1-2-4-23(19)36(34,35)24-13-11-20(24)27/h1-10,12,14-15,20,24H,11,13H2,(H,30,31)(H,32,33)/b14-7+,27-26-. The van der Waals surface area contributed by atoms with Crippen LogP contribution < -0.4 is 0 Å². The van der Waals surface area contributed by atoms with Gasteiger partial charge in [-0.1, -0.05) is 48.5 Å². The van der Waals surface area contributed by atoms with Gasteiger partial charge in [-0.15, -0.1) is 0 Å². The number of fused-ring (bicyclic) bond motifs is 3. The Morgan fingerprint density at radius 1 is 1.03 bits per heavy atom. The number of carboxylic acid groups (broad SMARTS) is 1. The third-order valence-electron chi connectivity index (χ3n) is 7.15. The minimum atomic E-state index is -3.44. The summed E-state index contributed by atoms with van der Waals surface area (Å²) in [6, 6.07) is 19.9. The Labute approximate surface area is 206 Å². The van der Waals surface area contributed by atoms with Gasteiger partial charge >= 0.3 is 5.97 Å². The lowest BCUT2D eigenvalue weighted by Crippen LogP contribution is -2.43. The number of carbonyl (C=O) groups is 1. The van der Waals surface area contributed by atoms with Gasteiger partial charge in [0.15, 0.2) is 9.84 Å². The number of hydrogen-bond donors (Lipinski definition) is 2. The molecule has 180 valence electrons. The lowest BCUT2D eigenvalue weighted by atomic mass is 9.72. The molecule has 8 heteroatoms. The molecule has 6 rings (SSSR count). The molecule has 1 saturated carbocycles. The van der Waals surface area contributed by atoms with Crippen LogP contribution in [0.4, 0.5) is 4.39 Å². The molecule has 6 nitrogen and oxygen atoms in total. The summed E-state index contributed by atoms with van der Waals surface area (Å²) in [6.07, 6.45) is 3.94. The zero-order valence-electron chi connectivity index (χ0n) is 19.0. The van der Waals surface area contributed by atoms with Gasteiger partial charge in [0.25, 0.3) is 0 Å². The van der Waals surface area contributed by atoms with Gasteiger partial charge in [-0.3, -0.25) is 5.10 Å². The first kappa shape index (κ1) is 22.4. The number of halogens is 1. The first-order valence-corrected chi connectivity index (χ1v) is 13.1. The summed E-state index contributed by atoms with van der Waals surface area (Å²) in [6.45, 7) is 0. The van der Waals surface area contributed by atoms with Crippen molar-refractivity contribution in [2.75, 3.05) is 0 Å². The number of hydrogen-bond acceptors (Lipinski definition) is 4. The Kier molecular flexibility index (Phi) is 5.15. The first-order chi connectivity index (χ1) is 17.3. The molecule has 36 heavy (non-hydrogen) atoms. The van der Waals surface area contributed by atoms with Crippen LogP contribution in [0.25, 0.3) is 28.1 Å². The predicted molar refractivity (Wildman–Crippen MR) is 135 cm³/mol. The highest BCUT2D eigenvalue weighted by atomic mass is 32.2. The van der Waals surface area contributed by atoms with Gasteiger partial charge in [-0.05, 0) is 70.5 Å². The number of aromatic nitrogens is 2. The number of nitrogens with zero attached hydrogens (tertiary/aromatic N) is 1. The maximum Gasteiger partial charge on any atom is 0.328 e. The number of allylic oxidation sites excluding steroid dienone is 1. The van der Waals surface area contributed by atoms with Crippen molar-refractivity contribution < 1.29 is 22.7 Å². The molecule has 4 aromatic rings. The molecule has 2 heterocycles. The van der Waals surface area contributed by atoms with Crippen molar-refractivity contribution >= 4 is 43.9 Å². The zero-order valence-corrected chi connectivity index (χ0v) is 19.8. The molecular formula is C28H21FN2O4S. The number of benzene rings is 3. The van der Waals surface area contributed by atoms with Crippen molar-refractivity contribution in [3.8, 4) is 0 Å². The van der Waals surface area contributed by atoms with E-state index in [0.717, 1.165) is 40.3 Å². The minimum absolute atomic E-state index is 0.170. The highest BCUT2D eigenvalue weighted by Gasteiger charge is 2.49. The fourth-order valence-electron chi connectivity index (χ4n) is 5.33. The summed E-state index contributed by atoms with van der Waals surface area (Å²) in [4.78, 5) is 11.2. The van der Waals surface area contributed by atoms with Crippen LogP contribution in [-0.4, -0.2) is 34.9 Å². The number of aromatic amines is 1. The molecule has 1 aromatic heterocycles.